The minimum absolute atomic E-state index is 0.107. The maximum atomic E-state index is 13.8. The lowest BCUT2D eigenvalue weighted by molar-refractivity contribution is 0.464. The third-order valence-electron chi connectivity index (χ3n) is 3.21. The lowest BCUT2D eigenvalue weighted by Gasteiger charge is -2.18. The summed E-state index contributed by atoms with van der Waals surface area (Å²) in [5, 5.41) is 4.64. The molecule has 2 rings (SSSR count). The third kappa shape index (κ3) is 2.67. The maximum absolute atomic E-state index is 13.8. The Bertz CT molecular complexity index is 607. The molecule has 0 saturated heterocycles. The summed E-state index contributed by atoms with van der Waals surface area (Å²) in [6, 6.07) is 2.96. The van der Waals surface area contributed by atoms with E-state index >= 15 is 0 Å². The van der Waals surface area contributed by atoms with Gasteiger partial charge in [-0.25, -0.2) is 8.78 Å². The minimum Gasteiger partial charge on any atom is -0.271 e. The predicted molar refractivity (Wildman–Crippen MR) is 73.1 cm³/mol. The van der Waals surface area contributed by atoms with Crippen molar-refractivity contribution in [1.29, 1.82) is 0 Å². The van der Waals surface area contributed by atoms with Gasteiger partial charge in [0.15, 0.2) is 0 Å². The number of nitrogens with two attached hydrogens (primary N) is 1. The summed E-state index contributed by atoms with van der Waals surface area (Å²) >= 11 is 6.14. The number of hydrogen-bond donors (Lipinski definition) is 2. The van der Waals surface area contributed by atoms with E-state index in [1.165, 1.54) is 18.2 Å². The lowest BCUT2D eigenvalue weighted by Crippen LogP contribution is -2.31. The van der Waals surface area contributed by atoms with Crippen molar-refractivity contribution in [3.63, 3.8) is 0 Å². The third-order valence-corrected chi connectivity index (χ3v) is 3.70. The highest BCUT2D eigenvalue weighted by molar-refractivity contribution is 6.31. The van der Waals surface area contributed by atoms with E-state index in [4.69, 9.17) is 17.4 Å². The first kappa shape index (κ1) is 14.9. The molecule has 0 saturated carbocycles. The number of aromatic nitrogens is 2. The molecule has 0 aliphatic rings. The zero-order valence-corrected chi connectivity index (χ0v) is 11.9. The van der Waals surface area contributed by atoms with Crippen LogP contribution < -0.4 is 11.3 Å². The fourth-order valence-electron chi connectivity index (χ4n) is 2.18. The van der Waals surface area contributed by atoms with E-state index in [-0.39, 0.29) is 12.0 Å². The SMILES string of the molecule is Cc1nn(C)c(CC(NN)c2c(F)cccc2F)c1Cl. The van der Waals surface area contributed by atoms with Crippen molar-refractivity contribution >= 4 is 11.6 Å². The van der Waals surface area contributed by atoms with Crippen LogP contribution in [0.1, 0.15) is 23.0 Å². The molecule has 20 heavy (non-hydrogen) atoms. The Morgan fingerprint density at radius 1 is 1.40 bits per heavy atom. The van der Waals surface area contributed by atoms with Crippen LogP contribution in [-0.2, 0) is 13.5 Å². The number of nitrogens with one attached hydrogen (secondary N) is 1. The molecule has 1 heterocycles. The van der Waals surface area contributed by atoms with Gasteiger partial charge in [-0.3, -0.25) is 16.0 Å². The first-order valence-corrected chi connectivity index (χ1v) is 6.41. The van der Waals surface area contributed by atoms with Crippen molar-refractivity contribution in [1.82, 2.24) is 15.2 Å². The fraction of sp³-hybridized carbons (Fsp3) is 0.308. The summed E-state index contributed by atoms with van der Waals surface area (Å²) in [5.41, 5.74) is 3.65. The second-order valence-electron chi connectivity index (χ2n) is 4.53. The molecule has 2 aromatic rings. The summed E-state index contributed by atoms with van der Waals surface area (Å²) in [4.78, 5) is 0. The molecule has 1 atom stereocenters. The highest BCUT2D eigenvalue weighted by Gasteiger charge is 2.22. The molecule has 1 unspecified atom stereocenters. The minimum atomic E-state index is -0.733. The van der Waals surface area contributed by atoms with E-state index in [1.54, 1.807) is 18.7 Å². The topological polar surface area (TPSA) is 55.9 Å². The van der Waals surface area contributed by atoms with Gasteiger partial charge in [0.05, 0.1) is 22.5 Å². The van der Waals surface area contributed by atoms with Gasteiger partial charge in [0.2, 0.25) is 0 Å². The highest BCUT2D eigenvalue weighted by atomic mass is 35.5. The first-order chi connectivity index (χ1) is 9.45. The number of rotatable bonds is 4. The highest BCUT2D eigenvalue weighted by Crippen LogP contribution is 2.27. The van der Waals surface area contributed by atoms with E-state index in [1.807, 2.05) is 0 Å². The molecule has 108 valence electrons. The van der Waals surface area contributed by atoms with Crippen LogP contribution in [0, 0.1) is 18.6 Å². The lowest BCUT2D eigenvalue weighted by atomic mass is 10.0. The molecule has 0 bridgehead atoms. The Morgan fingerprint density at radius 3 is 2.45 bits per heavy atom. The molecule has 1 aromatic carbocycles. The van der Waals surface area contributed by atoms with E-state index < -0.39 is 17.7 Å². The number of aryl methyl sites for hydroxylation is 2. The Labute approximate surface area is 120 Å². The summed E-state index contributed by atoms with van der Waals surface area (Å²) in [5.74, 6) is 4.14. The van der Waals surface area contributed by atoms with Gasteiger partial charge in [0, 0.05) is 19.0 Å². The molecule has 0 aliphatic heterocycles. The van der Waals surface area contributed by atoms with Crippen LogP contribution >= 0.6 is 11.6 Å². The summed E-state index contributed by atoms with van der Waals surface area (Å²) < 4.78 is 29.2. The summed E-state index contributed by atoms with van der Waals surface area (Å²) in [7, 11) is 1.72. The van der Waals surface area contributed by atoms with Crippen LogP contribution in [0.15, 0.2) is 18.2 Å². The fourth-order valence-corrected chi connectivity index (χ4v) is 2.42. The van der Waals surface area contributed by atoms with Crippen molar-refractivity contribution in [3.05, 3.63) is 51.8 Å². The van der Waals surface area contributed by atoms with Gasteiger partial charge in [0.25, 0.3) is 0 Å². The number of nitrogens with zero attached hydrogens (tertiary/aromatic N) is 2. The molecule has 3 N–H and O–H groups in total. The van der Waals surface area contributed by atoms with Crippen molar-refractivity contribution in [2.75, 3.05) is 0 Å². The first-order valence-electron chi connectivity index (χ1n) is 6.03. The molecule has 0 radical (unpaired) electrons. The number of halogens is 3. The van der Waals surface area contributed by atoms with Crippen molar-refractivity contribution in [3.8, 4) is 0 Å². The number of hydrogen-bond acceptors (Lipinski definition) is 3. The van der Waals surface area contributed by atoms with Crippen LogP contribution in [0.4, 0.5) is 8.78 Å². The second kappa shape index (κ2) is 5.87. The molecule has 0 spiro atoms. The van der Waals surface area contributed by atoms with E-state index in [2.05, 4.69) is 10.5 Å². The monoisotopic (exact) mass is 300 g/mol. The van der Waals surface area contributed by atoms with E-state index in [0.29, 0.717) is 16.4 Å². The van der Waals surface area contributed by atoms with Gasteiger partial charge in [-0.1, -0.05) is 17.7 Å². The Kier molecular flexibility index (Phi) is 4.37. The van der Waals surface area contributed by atoms with Crippen molar-refractivity contribution in [2.45, 2.75) is 19.4 Å². The maximum Gasteiger partial charge on any atom is 0.130 e. The Balaban J connectivity index is 2.39. The smallest absolute Gasteiger partial charge is 0.130 e. The quantitative estimate of drug-likeness (QED) is 0.673. The van der Waals surface area contributed by atoms with Crippen LogP contribution in [0.2, 0.25) is 5.02 Å². The zero-order valence-electron chi connectivity index (χ0n) is 11.1. The standard InChI is InChI=1S/C13H15ClF2N4/c1-7-13(14)11(20(2)19-7)6-10(18-17)12-8(15)4-3-5-9(12)16/h3-5,10,18H,6,17H2,1-2H3. The van der Waals surface area contributed by atoms with Gasteiger partial charge in [-0.2, -0.15) is 5.10 Å². The van der Waals surface area contributed by atoms with Crippen LogP contribution in [0.25, 0.3) is 0 Å². The molecule has 0 aliphatic carbocycles. The van der Waals surface area contributed by atoms with Crippen LogP contribution in [-0.4, -0.2) is 9.78 Å². The van der Waals surface area contributed by atoms with Gasteiger partial charge in [-0.05, 0) is 19.1 Å². The van der Waals surface area contributed by atoms with Gasteiger partial charge < -0.3 is 0 Å². The van der Waals surface area contributed by atoms with Crippen molar-refractivity contribution < 1.29 is 8.78 Å². The van der Waals surface area contributed by atoms with Crippen LogP contribution in [0.5, 0.6) is 0 Å². The molecule has 0 fully saturated rings. The number of hydrazine groups is 1. The van der Waals surface area contributed by atoms with Crippen LogP contribution in [0.3, 0.4) is 0 Å². The van der Waals surface area contributed by atoms with Gasteiger partial charge >= 0.3 is 0 Å². The number of benzene rings is 1. The largest absolute Gasteiger partial charge is 0.271 e. The van der Waals surface area contributed by atoms with Crippen molar-refractivity contribution in [2.24, 2.45) is 12.9 Å². The second-order valence-corrected chi connectivity index (χ2v) is 4.91. The van der Waals surface area contributed by atoms with Gasteiger partial charge in [-0.15, -0.1) is 0 Å². The molecule has 7 heteroatoms. The molecular formula is C13H15ClF2N4. The molecule has 4 nitrogen and oxygen atoms in total. The molecule has 1 aromatic heterocycles. The average molecular weight is 301 g/mol. The predicted octanol–water partition coefficient (Wildman–Crippen LogP) is 2.41. The average Bonchev–Trinajstić information content (AvgIpc) is 2.63. The Morgan fingerprint density at radius 2 is 2.00 bits per heavy atom. The van der Waals surface area contributed by atoms with E-state index in [0.717, 1.165) is 0 Å². The Hall–Kier alpha value is -1.50. The normalized spacial score (nSPS) is 12.7. The van der Waals surface area contributed by atoms with E-state index in [9.17, 15) is 8.78 Å². The molecular weight excluding hydrogens is 286 g/mol. The van der Waals surface area contributed by atoms with Gasteiger partial charge in [0.1, 0.15) is 11.6 Å². The molecule has 0 amide bonds. The summed E-state index contributed by atoms with van der Waals surface area (Å²) in [6.07, 6.45) is 0.227. The zero-order chi connectivity index (χ0) is 14.9. The summed E-state index contributed by atoms with van der Waals surface area (Å²) in [6.45, 7) is 1.76.